The zero-order chi connectivity index (χ0) is 11.4. The van der Waals surface area contributed by atoms with Crippen LogP contribution < -0.4 is 0 Å². The van der Waals surface area contributed by atoms with Gasteiger partial charge in [0.1, 0.15) is 11.6 Å². The van der Waals surface area contributed by atoms with E-state index in [1.165, 1.54) is 6.92 Å². The molecule has 0 unspecified atom stereocenters. The summed E-state index contributed by atoms with van der Waals surface area (Å²) < 4.78 is 0. The van der Waals surface area contributed by atoms with Gasteiger partial charge in [0, 0.05) is 12.4 Å². The number of pyridine rings is 1. The van der Waals surface area contributed by atoms with Crippen molar-refractivity contribution in [2.24, 2.45) is 0 Å². The molecule has 80 valence electrons. The largest absolute Gasteiger partial charge is 0.300 e. The quantitative estimate of drug-likeness (QED) is 0.778. The van der Waals surface area contributed by atoms with Gasteiger partial charge in [0.25, 0.3) is 0 Å². The Kier molecular flexibility index (Phi) is 3.00. The molecule has 0 saturated heterocycles. The number of rotatable bonds is 3. The second-order valence-electron chi connectivity index (χ2n) is 3.45. The molecule has 0 aliphatic rings. The third kappa shape index (κ3) is 2.48. The molecule has 0 N–H and O–H groups in total. The Morgan fingerprint density at radius 3 is 2.69 bits per heavy atom. The molecule has 0 aliphatic carbocycles. The fraction of sp³-hybridized carbons (Fsp3) is 0.167. The van der Waals surface area contributed by atoms with E-state index < -0.39 is 0 Å². The van der Waals surface area contributed by atoms with Gasteiger partial charge in [-0.3, -0.25) is 9.78 Å². The topological polar surface area (TPSA) is 55.7 Å². The molecule has 4 nitrogen and oxygen atoms in total. The average molecular weight is 213 g/mol. The van der Waals surface area contributed by atoms with Crippen LogP contribution in [-0.4, -0.2) is 20.7 Å². The summed E-state index contributed by atoms with van der Waals surface area (Å²) in [5.74, 6) is 0.592. The second kappa shape index (κ2) is 4.61. The highest BCUT2D eigenvalue weighted by atomic mass is 16.1. The zero-order valence-corrected chi connectivity index (χ0v) is 8.92. The van der Waals surface area contributed by atoms with E-state index in [1.807, 2.05) is 18.2 Å². The molecule has 0 amide bonds. The van der Waals surface area contributed by atoms with Gasteiger partial charge in [-0.05, 0) is 25.1 Å². The number of carbonyl (C=O) groups is 1. The summed E-state index contributed by atoms with van der Waals surface area (Å²) in [4.78, 5) is 23.5. The fourth-order valence-corrected chi connectivity index (χ4v) is 1.36. The molecule has 0 fully saturated rings. The predicted octanol–water partition coefficient (Wildman–Crippen LogP) is 1.67. The van der Waals surface area contributed by atoms with Gasteiger partial charge in [-0.1, -0.05) is 6.07 Å². The van der Waals surface area contributed by atoms with Gasteiger partial charge in [-0.25, -0.2) is 9.97 Å². The number of Topliss-reactive ketones (excluding diaryl/α,β-unsaturated/α-hetero) is 1. The molecule has 4 heteroatoms. The lowest BCUT2D eigenvalue weighted by molar-refractivity contribution is -0.116. The average Bonchev–Trinajstić information content (AvgIpc) is 2.30. The highest BCUT2D eigenvalue weighted by Gasteiger charge is 2.04. The minimum atomic E-state index is 0.0539. The third-order valence-corrected chi connectivity index (χ3v) is 2.04. The molecule has 2 aromatic heterocycles. The number of nitrogens with zero attached hydrogens (tertiary/aromatic N) is 3. The number of ketones is 1. The fourth-order valence-electron chi connectivity index (χ4n) is 1.36. The van der Waals surface area contributed by atoms with Crippen molar-refractivity contribution in [3.63, 3.8) is 0 Å². The van der Waals surface area contributed by atoms with Crippen molar-refractivity contribution in [2.75, 3.05) is 0 Å². The van der Waals surface area contributed by atoms with Gasteiger partial charge >= 0.3 is 0 Å². The van der Waals surface area contributed by atoms with Crippen LogP contribution in [0.15, 0.2) is 36.7 Å². The summed E-state index contributed by atoms with van der Waals surface area (Å²) in [5.41, 5.74) is 1.53. The van der Waals surface area contributed by atoms with Crippen LogP contribution in [0.4, 0.5) is 0 Å². The molecule has 16 heavy (non-hydrogen) atoms. The molecule has 2 heterocycles. The molecule has 0 aromatic carbocycles. The van der Waals surface area contributed by atoms with Crippen LogP contribution in [0.2, 0.25) is 0 Å². The van der Waals surface area contributed by atoms with Crippen molar-refractivity contribution in [1.82, 2.24) is 15.0 Å². The van der Waals surface area contributed by atoms with Crippen LogP contribution in [-0.2, 0) is 11.2 Å². The molecule has 0 aliphatic heterocycles. The molecular weight excluding hydrogens is 202 g/mol. The van der Waals surface area contributed by atoms with Crippen LogP contribution in [0.1, 0.15) is 12.7 Å². The molecule has 0 atom stereocenters. The lowest BCUT2D eigenvalue weighted by Crippen LogP contribution is -2.02. The Morgan fingerprint density at radius 2 is 2.00 bits per heavy atom. The summed E-state index contributed by atoms with van der Waals surface area (Å²) in [5, 5.41) is 0. The van der Waals surface area contributed by atoms with Crippen LogP contribution in [0.25, 0.3) is 11.4 Å². The predicted molar refractivity (Wildman–Crippen MR) is 59.6 cm³/mol. The van der Waals surface area contributed by atoms with Gasteiger partial charge in [0.05, 0.1) is 17.8 Å². The monoisotopic (exact) mass is 213 g/mol. The third-order valence-electron chi connectivity index (χ3n) is 2.04. The Morgan fingerprint density at radius 1 is 1.12 bits per heavy atom. The Bertz CT molecular complexity index is 497. The van der Waals surface area contributed by atoms with Crippen molar-refractivity contribution in [3.8, 4) is 11.4 Å². The van der Waals surface area contributed by atoms with E-state index in [-0.39, 0.29) is 12.2 Å². The first-order chi connectivity index (χ1) is 7.75. The van der Waals surface area contributed by atoms with Gasteiger partial charge in [0.2, 0.25) is 0 Å². The summed E-state index contributed by atoms with van der Waals surface area (Å²) in [6, 6.07) is 7.40. The number of carbonyl (C=O) groups excluding carboxylic acids is 1. The number of aromatic nitrogens is 3. The minimum Gasteiger partial charge on any atom is -0.300 e. The van der Waals surface area contributed by atoms with Gasteiger partial charge in [-0.2, -0.15) is 0 Å². The first-order valence-electron chi connectivity index (χ1n) is 4.98. The minimum absolute atomic E-state index is 0.0539. The molecule has 2 aromatic rings. The summed E-state index contributed by atoms with van der Waals surface area (Å²) >= 11 is 0. The van der Waals surface area contributed by atoms with E-state index in [1.54, 1.807) is 18.5 Å². The number of hydrogen-bond acceptors (Lipinski definition) is 4. The van der Waals surface area contributed by atoms with Crippen LogP contribution >= 0.6 is 0 Å². The molecule has 0 spiro atoms. The van der Waals surface area contributed by atoms with Gasteiger partial charge in [-0.15, -0.1) is 0 Å². The van der Waals surface area contributed by atoms with Crippen molar-refractivity contribution < 1.29 is 4.79 Å². The van der Waals surface area contributed by atoms with E-state index in [0.29, 0.717) is 5.82 Å². The Labute approximate surface area is 93.4 Å². The normalized spacial score (nSPS) is 10.1. The van der Waals surface area contributed by atoms with Crippen LogP contribution in [0.3, 0.4) is 0 Å². The lowest BCUT2D eigenvalue weighted by Gasteiger charge is -2.01. The van der Waals surface area contributed by atoms with Crippen LogP contribution in [0, 0.1) is 0 Å². The Hall–Kier alpha value is -2.10. The second-order valence-corrected chi connectivity index (χ2v) is 3.45. The van der Waals surface area contributed by atoms with E-state index >= 15 is 0 Å². The van der Waals surface area contributed by atoms with Gasteiger partial charge < -0.3 is 0 Å². The van der Waals surface area contributed by atoms with Crippen molar-refractivity contribution in [3.05, 3.63) is 42.5 Å². The highest BCUT2D eigenvalue weighted by molar-refractivity contribution is 5.77. The van der Waals surface area contributed by atoms with E-state index in [2.05, 4.69) is 15.0 Å². The zero-order valence-electron chi connectivity index (χ0n) is 8.92. The maximum absolute atomic E-state index is 11.0. The summed E-state index contributed by atoms with van der Waals surface area (Å²) in [6.45, 7) is 1.52. The molecule has 0 bridgehead atoms. The van der Waals surface area contributed by atoms with Gasteiger partial charge in [0.15, 0.2) is 0 Å². The van der Waals surface area contributed by atoms with E-state index in [0.717, 1.165) is 11.4 Å². The molecular formula is C12H11N3O. The SMILES string of the molecule is CC(=O)Cc1nccc(-c2ccccn2)n1. The molecule has 0 saturated carbocycles. The Balaban J connectivity index is 2.33. The maximum Gasteiger partial charge on any atom is 0.137 e. The highest BCUT2D eigenvalue weighted by Crippen LogP contribution is 2.12. The van der Waals surface area contributed by atoms with Crippen LogP contribution in [0.5, 0.6) is 0 Å². The number of hydrogen-bond donors (Lipinski definition) is 0. The van der Waals surface area contributed by atoms with Crippen molar-refractivity contribution >= 4 is 5.78 Å². The lowest BCUT2D eigenvalue weighted by atomic mass is 10.2. The van der Waals surface area contributed by atoms with Crippen molar-refractivity contribution in [1.29, 1.82) is 0 Å². The smallest absolute Gasteiger partial charge is 0.137 e. The van der Waals surface area contributed by atoms with E-state index in [4.69, 9.17) is 0 Å². The first-order valence-corrected chi connectivity index (χ1v) is 4.98. The summed E-state index contributed by atoms with van der Waals surface area (Å²) in [6.07, 6.45) is 3.62. The standard InChI is InChI=1S/C12H11N3O/c1-9(16)8-12-14-7-5-11(15-12)10-4-2-3-6-13-10/h2-7H,8H2,1H3. The maximum atomic E-state index is 11.0. The first kappa shape index (κ1) is 10.4. The summed E-state index contributed by atoms with van der Waals surface area (Å²) in [7, 11) is 0. The molecule has 2 rings (SSSR count). The van der Waals surface area contributed by atoms with E-state index in [9.17, 15) is 4.79 Å². The molecule has 0 radical (unpaired) electrons. The van der Waals surface area contributed by atoms with Crippen molar-refractivity contribution in [2.45, 2.75) is 13.3 Å².